The van der Waals surface area contributed by atoms with E-state index in [9.17, 15) is 4.79 Å². The number of fused-ring (bicyclic) bond motifs is 1. The van der Waals surface area contributed by atoms with E-state index < -0.39 is 0 Å². The summed E-state index contributed by atoms with van der Waals surface area (Å²) in [5.41, 5.74) is 2.76. The minimum Gasteiger partial charge on any atom is -0.463 e. The molecule has 0 fully saturated rings. The van der Waals surface area contributed by atoms with Crippen molar-refractivity contribution in [1.82, 2.24) is 14.8 Å². The molecule has 4 rings (SSSR count). The summed E-state index contributed by atoms with van der Waals surface area (Å²) in [5.74, 6) is 0.291. The molecule has 7 nitrogen and oxygen atoms in total. The van der Waals surface area contributed by atoms with Gasteiger partial charge >= 0.3 is 0 Å². The Kier molecular flexibility index (Phi) is 4.38. The second kappa shape index (κ2) is 7.00. The first-order valence-electron chi connectivity index (χ1n) is 8.80. The maximum Gasteiger partial charge on any atom is 0.256 e. The Morgan fingerprint density at radius 2 is 2.04 bits per heavy atom. The summed E-state index contributed by atoms with van der Waals surface area (Å²) in [4.78, 5) is 17.7. The summed E-state index contributed by atoms with van der Waals surface area (Å²) in [6, 6.07) is 14.1. The molecule has 0 aliphatic rings. The van der Waals surface area contributed by atoms with Crippen LogP contribution in [0.2, 0.25) is 0 Å². The van der Waals surface area contributed by atoms with E-state index in [4.69, 9.17) is 9.68 Å². The van der Waals surface area contributed by atoms with Crippen LogP contribution in [0.25, 0.3) is 22.5 Å². The molecular formula is C21H17N5O2. The predicted octanol–water partition coefficient (Wildman–Crippen LogP) is 4.40. The molecule has 7 heteroatoms. The number of pyridine rings is 1. The van der Waals surface area contributed by atoms with Crippen LogP contribution in [0.5, 0.6) is 0 Å². The number of hydrogen-bond acceptors (Lipinski definition) is 5. The van der Waals surface area contributed by atoms with Crippen molar-refractivity contribution in [3.05, 3.63) is 66.1 Å². The zero-order valence-corrected chi connectivity index (χ0v) is 15.4. The molecule has 1 N–H and O–H groups in total. The van der Waals surface area contributed by atoms with Crippen LogP contribution >= 0.6 is 0 Å². The molecule has 1 aromatic carbocycles. The van der Waals surface area contributed by atoms with Crippen LogP contribution in [0.15, 0.2) is 59.3 Å². The van der Waals surface area contributed by atoms with Gasteiger partial charge in [0, 0.05) is 11.7 Å². The van der Waals surface area contributed by atoms with Crippen molar-refractivity contribution in [2.45, 2.75) is 19.9 Å². The molecule has 4 aromatic rings. The highest BCUT2D eigenvalue weighted by Crippen LogP contribution is 2.27. The summed E-state index contributed by atoms with van der Waals surface area (Å²) in [5, 5.41) is 16.8. The van der Waals surface area contributed by atoms with Crippen molar-refractivity contribution < 1.29 is 9.21 Å². The number of carbonyl (C=O) groups is 1. The van der Waals surface area contributed by atoms with E-state index in [-0.39, 0.29) is 11.9 Å². The van der Waals surface area contributed by atoms with Crippen molar-refractivity contribution in [3.8, 4) is 17.5 Å². The maximum absolute atomic E-state index is 13.0. The van der Waals surface area contributed by atoms with E-state index in [1.807, 2.05) is 13.8 Å². The van der Waals surface area contributed by atoms with Crippen molar-refractivity contribution in [1.29, 1.82) is 5.26 Å². The zero-order chi connectivity index (χ0) is 19.7. The first-order chi connectivity index (χ1) is 13.6. The normalized spacial score (nSPS) is 10.9. The molecule has 0 saturated carbocycles. The Morgan fingerprint density at radius 1 is 1.25 bits per heavy atom. The lowest BCUT2D eigenvalue weighted by Gasteiger charge is -2.10. The van der Waals surface area contributed by atoms with Crippen LogP contribution in [0.1, 0.15) is 35.8 Å². The van der Waals surface area contributed by atoms with Gasteiger partial charge < -0.3 is 9.73 Å². The number of aromatic nitrogens is 3. The fraction of sp³-hybridized carbons (Fsp3) is 0.143. The maximum atomic E-state index is 13.0. The van der Waals surface area contributed by atoms with Crippen molar-refractivity contribution in [2.75, 3.05) is 5.32 Å². The van der Waals surface area contributed by atoms with Crippen LogP contribution < -0.4 is 5.32 Å². The van der Waals surface area contributed by atoms with Gasteiger partial charge in [0.1, 0.15) is 5.69 Å². The van der Waals surface area contributed by atoms with Crippen LogP contribution in [0, 0.1) is 11.3 Å². The van der Waals surface area contributed by atoms with Crippen LogP contribution in [0.4, 0.5) is 5.69 Å². The van der Waals surface area contributed by atoms with Gasteiger partial charge in [-0.3, -0.25) is 4.79 Å². The number of hydrogen-bond donors (Lipinski definition) is 1. The van der Waals surface area contributed by atoms with Crippen molar-refractivity contribution in [2.24, 2.45) is 0 Å². The predicted molar refractivity (Wildman–Crippen MR) is 105 cm³/mol. The Balaban J connectivity index is 1.80. The molecule has 0 atom stereocenters. The Hall–Kier alpha value is -3.92. The number of nitriles is 1. The highest BCUT2D eigenvalue weighted by atomic mass is 16.3. The molecule has 28 heavy (non-hydrogen) atoms. The second-order valence-electron chi connectivity index (χ2n) is 6.60. The van der Waals surface area contributed by atoms with E-state index in [2.05, 4.69) is 21.5 Å². The number of nitrogens with one attached hydrogen (secondary N) is 1. The smallest absolute Gasteiger partial charge is 0.256 e. The van der Waals surface area contributed by atoms with Gasteiger partial charge in [-0.05, 0) is 56.3 Å². The minimum atomic E-state index is -0.284. The Bertz CT molecular complexity index is 1180. The fourth-order valence-corrected chi connectivity index (χ4v) is 2.96. The van der Waals surface area contributed by atoms with Crippen LogP contribution in [-0.4, -0.2) is 20.7 Å². The van der Waals surface area contributed by atoms with Crippen LogP contribution in [0.3, 0.4) is 0 Å². The molecule has 3 aromatic heterocycles. The first-order valence-corrected chi connectivity index (χ1v) is 8.80. The summed E-state index contributed by atoms with van der Waals surface area (Å²) in [6.45, 7) is 4.01. The molecule has 0 aliphatic heterocycles. The van der Waals surface area contributed by atoms with Gasteiger partial charge in [-0.25, -0.2) is 9.67 Å². The molecule has 0 bridgehead atoms. The SMILES string of the molecule is CC(C)n1ncc2c(C(=O)Nc3ccc(C#N)cc3)cc(-c3ccco3)nc21. The molecule has 0 saturated heterocycles. The standard InChI is InChI=1S/C21H17N5O2/c1-13(2)26-20-17(12-23-26)16(10-18(25-20)19-4-3-9-28-19)21(27)24-15-7-5-14(11-22)6-8-15/h3-10,12-13H,1-2H3,(H,24,27). The average Bonchev–Trinajstić information content (AvgIpc) is 3.37. The number of rotatable bonds is 4. The molecule has 0 radical (unpaired) electrons. The van der Waals surface area contributed by atoms with Gasteiger partial charge in [0.15, 0.2) is 11.4 Å². The van der Waals surface area contributed by atoms with E-state index in [0.717, 1.165) is 0 Å². The molecule has 0 unspecified atom stereocenters. The molecule has 3 heterocycles. The summed E-state index contributed by atoms with van der Waals surface area (Å²) in [7, 11) is 0. The summed E-state index contributed by atoms with van der Waals surface area (Å²) >= 11 is 0. The van der Waals surface area contributed by atoms with E-state index in [1.165, 1.54) is 0 Å². The van der Waals surface area contributed by atoms with E-state index in [1.54, 1.807) is 59.6 Å². The third-order valence-corrected chi connectivity index (χ3v) is 4.35. The molecule has 1 amide bonds. The average molecular weight is 371 g/mol. The monoisotopic (exact) mass is 371 g/mol. The molecule has 138 valence electrons. The van der Waals surface area contributed by atoms with Gasteiger partial charge in [-0.1, -0.05) is 0 Å². The topological polar surface area (TPSA) is 96.7 Å². The fourth-order valence-electron chi connectivity index (χ4n) is 2.96. The van der Waals surface area contributed by atoms with Gasteiger partial charge in [0.2, 0.25) is 0 Å². The lowest BCUT2D eigenvalue weighted by atomic mass is 10.1. The Labute approximate surface area is 161 Å². The lowest BCUT2D eigenvalue weighted by Crippen LogP contribution is -2.13. The second-order valence-corrected chi connectivity index (χ2v) is 6.60. The number of amides is 1. The third kappa shape index (κ3) is 3.12. The van der Waals surface area contributed by atoms with Gasteiger partial charge in [0.05, 0.1) is 35.0 Å². The largest absolute Gasteiger partial charge is 0.463 e. The number of carbonyl (C=O) groups excluding carboxylic acids is 1. The summed E-state index contributed by atoms with van der Waals surface area (Å²) in [6.07, 6.45) is 3.22. The number of benzene rings is 1. The number of furan rings is 1. The minimum absolute atomic E-state index is 0.0892. The summed E-state index contributed by atoms with van der Waals surface area (Å²) < 4.78 is 7.25. The molecule has 0 aliphatic carbocycles. The van der Waals surface area contributed by atoms with Gasteiger partial charge in [-0.2, -0.15) is 10.4 Å². The third-order valence-electron chi connectivity index (χ3n) is 4.35. The highest BCUT2D eigenvalue weighted by Gasteiger charge is 2.19. The van der Waals surface area contributed by atoms with Crippen LogP contribution in [-0.2, 0) is 0 Å². The molecule has 0 spiro atoms. The number of nitrogens with zero attached hydrogens (tertiary/aromatic N) is 4. The number of anilines is 1. The van der Waals surface area contributed by atoms with Gasteiger partial charge in [-0.15, -0.1) is 0 Å². The molecular weight excluding hydrogens is 354 g/mol. The first kappa shape index (κ1) is 17.5. The van der Waals surface area contributed by atoms with Crippen molar-refractivity contribution in [3.63, 3.8) is 0 Å². The highest BCUT2D eigenvalue weighted by molar-refractivity contribution is 6.12. The van der Waals surface area contributed by atoms with E-state index in [0.29, 0.717) is 39.3 Å². The zero-order valence-electron chi connectivity index (χ0n) is 15.4. The quantitative estimate of drug-likeness (QED) is 0.573. The lowest BCUT2D eigenvalue weighted by molar-refractivity contribution is 0.102. The Morgan fingerprint density at radius 3 is 2.68 bits per heavy atom. The van der Waals surface area contributed by atoms with Gasteiger partial charge in [0.25, 0.3) is 5.91 Å². The van der Waals surface area contributed by atoms with Crippen molar-refractivity contribution >= 4 is 22.6 Å². The van der Waals surface area contributed by atoms with E-state index >= 15 is 0 Å².